The normalized spacial score (nSPS) is 16.7. The van der Waals surface area contributed by atoms with Gasteiger partial charge in [-0.2, -0.15) is 14.7 Å². The van der Waals surface area contributed by atoms with Crippen molar-refractivity contribution in [3.63, 3.8) is 0 Å². The molecule has 0 spiro atoms. The Morgan fingerprint density at radius 3 is 2.59 bits per heavy atom. The number of aryl methyl sites for hydroxylation is 1. The lowest BCUT2D eigenvalue weighted by atomic mass is 10.00. The fourth-order valence-corrected chi connectivity index (χ4v) is 5.53. The minimum absolute atomic E-state index is 0.0242. The van der Waals surface area contributed by atoms with E-state index < -0.39 is 27.7 Å². The zero-order valence-corrected chi connectivity index (χ0v) is 19.3. The van der Waals surface area contributed by atoms with Gasteiger partial charge in [0.25, 0.3) is 0 Å². The van der Waals surface area contributed by atoms with E-state index in [1.54, 1.807) is 11.6 Å². The van der Waals surface area contributed by atoms with Crippen LogP contribution in [0.4, 0.5) is 4.39 Å². The number of hydrogen-bond acceptors (Lipinski definition) is 6. The third-order valence-corrected chi connectivity index (χ3v) is 7.67. The van der Waals surface area contributed by atoms with E-state index in [0.29, 0.717) is 29.8 Å². The zero-order chi connectivity index (χ0) is 24.3. The van der Waals surface area contributed by atoms with Crippen LogP contribution in [-0.4, -0.2) is 41.6 Å². The molecule has 0 saturated carbocycles. The number of halogens is 1. The number of aromatic nitrogens is 2. The first-order valence-electron chi connectivity index (χ1n) is 10.8. The highest BCUT2D eigenvalue weighted by Gasteiger charge is 2.34. The monoisotopic (exact) mass is 482 g/mol. The van der Waals surface area contributed by atoms with E-state index in [1.807, 2.05) is 30.3 Å². The van der Waals surface area contributed by atoms with Gasteiger partial charge in [0.05, 0.1) is 27.9 Å². The SMILES string of the molecule is Cc1nn(-c2ccccc2)c(COC(=O)[C@H]2CCCN(S(=O)(=O)c3ccc(F)cc3)C2)c1C#N. The summed E-state index contributed by atoms with van der Waals surface area (Å²) in [5.41, 5.74) is 2.03. The van der Waals surface area contributed by atoms with Crippen LogP contribution in [0.3, 0.4) is 0 Å². The van der Waals surface area contributed by atoms with Crippen LogP contribution in [0.2, 0.25) is 0 Å². The number of hydrogen-bond donors (Lipinski definition) is 0. The van der Waals surface area contributed by atoms with Crippen molar-refractivity contribution in [3.8, 4) is 11.8 Å². The maximum absolute atomic E-state index is 13.2. The van der Waals surface area contributed by atoms with Gasteiger partial charge in [-0.25, -0.2) is 17.5 Å². The van der Waals surface area contributed by atoms with Gasteiger partial charge in [-0.15, -0.1) is 0 Å². The van der Waals surface area contributed by atoms with E-state index in [9.17, 15) is 22.9 Å². The van der Waals surface area contributed by atoms with Crippen molar-refractivity contribution in [3.05, 3.63) is 77.4 Å². The number of sulfonamides is 1. The Labute approximate surface area is 197 Å². The molecular formula is C24H23FN4O4S. The molecule has 0 bridgehead atoms. The molecule has 0 radical (unpaired) electrons. The average Bonchev–Trinajstić information content (AvgIpc) is 3.18. The van der Waals surface area contributed by atoms with E-state index >= 15 is 0 Å². The number of nitrogens with zero attached hydrogens (tertiary/aromatic N) is 4. The minimum atomic E-state index is -3.86. The summed E-state index contributed by atoms with van der Waals surface area (Å²) in [7, 11) is -3.86. The second-order valence-electron chi connectivity index (χ2n) is 8.03. The number of benzene rings is 2. The smallest absolute Gasteiger partial charge is 0.310 e. The predicted octanol–water partition coefficient (Wildman–Crippen LogP) is 3.34. The Morgan fingerprint density at radius 2 is 1.91 bits per heavy atom. The van der Waals surface area contributed by atoms with Gasteiger partial charge >= 0.3 is 5.97 Å². The molecule has 0 amide bonds. The van der Waals surface area contributed by atoms with Crippen molar-refractivity contribution in [1.29, 1.82) is 5.26 Å². The Morgan fingerprint density at radius 1 is 1.21 bits per heavy atom. The van der Waals surface area contributed by atoms with Gasteiger partial charge in [-0.05, 0) is 56.2 Å². The number of carbonyl (C=O) groups is 1. The van der Waals surface area contributed by atoms with Crippen LogP contribution >= 0.6 is 0 Å². The number of ether oxygens (including phenoxy) is 1. The third-order valence-electron chi connectivity index (χ3n) is 5.79. The van der Waals surface area contributed by atoms with Crippen LogP contribution in [0.15, 0.2) is 59.5 Å². The highest BCUT2D eigenvalue weighted by atomic mass is 32.2. The summed E-state index contributed by atoms with van der Waals surface area (Å²) < 4.78 is 47.4. The number of nitriles is 1. The molecule has 0 unspecified atom stereocenters. The predicted molar refractivity (Wildman–Crippen MR) is 121 cm³/mol. The Bertz CT molecular complexity index is 1330. The molecule has 1 aromatic heterocycles. The molecule has 1 aliphatic rings. The van der Waals surface area contributed by atoms with Crippen molar-refractivity contribution in [1.82, 2.24) is 14.1 Å². The Balaban J connectivity index is 1.49. The molecule has 1 saturated heterocycles. The molecule has 0 N–H and O–H groups in total. The van der Waals surface area contributed by atoms with Gasteiger partial charge in [-0.3, -0.25) is 4.79 Å². The number of piperidine rings is 1. The highest BCUT2D eigenvalue weighted by molar-refractivity contribution is 7.89. The van der Waals surface area contributed by atoms with Crippen molar-refractivity contribution in [2.45, 2.75) is 31.3 Å². The molecular weight excluding hydrogens is 459 g/mol. The van der Waals surface area contributed by atoms with E-state index in [4.69, 9.17) is 4.74 Å². The fraction of sp³-hybridized carbons (Fsp3) is 0.292. The zero-order valence-electron chi connectivity index (χ0n) is 18.5. The lowest BCUT2D eigenvalue weighted by Gasteiger charge is -2.30. The second-order valence-corrected chi connectivity index (χ2v) is 9.97. The van der Waals surface area contributed by atoms with E-state index in [2.05, 4.69) is 11.2 Å². The van der Waals surface area contributed by atoms with Crippen LogP contribution in [0.1, 0.15) is 29.8 Å². The minimum Gasteiger partial charge on any atom is -0.459 e. The molecule has 34 heavy (non-hydrogen) atoms. The van der Waals surface area contributed by atoms with Crippen molar-refractivity contribution in [2.24, 2.45) is 5.92 Å². The van der Waals surface area contributed by atoms with Gasteiger partial charge in [0.15, 0.2) is 0 Å². The molecule has 1 fully saturated rings. The summed E-state index contributed by atoms with van der Waals surface area (Å²) in [4.78, 5) is 12.8. The summed E-state index contributed by atoms with van der Waals surface area (Å²) in [6.45, 7) is 1.78. The lowest BCUT2D eigenvalue weighted by molar-refractivity contribution is -0.151. The summed E-state index contributed by atoms with van der Waals surface area (Å²) in [5.74, 6) is -1.72. The summed E-state index contributed by atoms with van der Waals surface area (Å²) in [6.07, 6.45) is 0.973. The van der Waals surface area contributed by atoms with E-state index in [0.717, 1.165) is 17.8 Å². The average molecular weight is 483 g/mol. The molecule has 176 valence electrons. The standard InChI is InChI=1S/C24H23FN4O4S/c1-17-22(14-26)23(29(27-17)20-7-3-2-4-8-20)16-33-24(30)18-6-5-13-28(15-18)34(31,32)21-11-9-19(25)10-12-21/h2-4,7-12,18H,5-6,13,15-16H2,1H3/t18-/m0/s1. The topological polar surface area (TPSA) is 105 Å². The third kappa shape index (κ3) is 4.71. The molecule has 3 aromatic rings. The van der Waals surface area contributed by atoms with Crippen molar-refractivity contribution < 1.29 is 22.3 Å². The van der Waals surface area contributed by atoms with Crippen molar-refractivity contribution >= 4 is 16.0 Å². The van der Waals surface area contributed by atoms with E-state index in [1.165, 1.54) is 16.4 Å². The lowest BCUT2D eigenvalue weighted by Crippen LogP contribution is -2.42. The highest BCUT2D eigenvalue weighted by Crippen LogP contribution is 2.26. The first kappa shape index (κ1) is 23.6. The molecule has 0 aliphatic carbocycles. The van der Waals surface area contributed by atoms with E-state index in [-0.39, 0.29) is 24.6 Å². The quantitative estimate of drug-likeness (QED) is 0.499. The summed E-state index contributed by atoms with van der Waals surface area (Å²) in [6, 6.07) is 15.9. The van der Waals surface area contributed by atoms with Gasteiger partial charge in [0.2, 0.25) is 10.0 Å². The number of carbonyl (C=O) groups excluding carboxylic acids is 1. The Kier molecular flexibility index (Phi) is 6.77. The molecule has 4 rings (SSSR count). The maximum Gasteiger partial charge on any atom is 0.310 e. The number of esters is 1. The van der Waals surface area contributed by atoms with Crippen LogP contribution in [-0.2, 0) is 26.2 Å². The number of para-hydroxylation sites is 1. The summed E-state index contributed by atoms with van der Waals surface area (Å²) in [5, 5.41) is 14.0. The van der Waals surface area contributed by atoms with Crippen LogP contribution in [0, 0.1) is 30.0 Å². The van der Waals surface area contributed by atoms with Gasteiger partial charge in [0.1, 0.15) is 24.1 Å². The maximum atomic E-state index is 13.2. The molecule has 1 aliphatic heterocycles. The first-order chi connectivity index (χ1) is 16.3. The van der Waals surface area contributed by atoms with Gasteiger partial charge < -0.3 is 4.74 Å². The first-order valence-corrected chi connectivity index (χ1v) is 12.2. The summed E-state index contributed by atoms with van der Waals surface area (Å²) >= 11 is 0. The van der Waals surface area contributed by atoms with Gasteiger partial charge in [-0.1, -0.05) is 18.2 Å². The Hall–Kier alpha value is -3.55. The molecule has 1 atom stereocenters. The second kappa shape index (κ2) is 9.75. The van der Waals surface area contributed by atoms with Crippen molar-refractivity contribution in [2.75, 3.05) is 13.1 Å². The van der Waals surface area contributed by atoms with Crippen LogP contribution < -0.4 is 0 Å². The number of rotatable bonds is 6. The van der Waals surface area contributed by atoms with Crippen LogP contribution in [0.25, 0.3) is 5.69 Å². The molecule has 8 nitrogen and oxygen atoms in total. The molecule has 2 aromatic carbocycles. The van der Waals surface area contributed by atoms with Gasteiger partial charge in [0, 0.05) is 13.1 Å². The molecule has 2 heterocycles. The van der Waals surface area contributed by atoms with Crippen LogP contribution in [0.5, 0.6) is 0 Å². The molecule has 10 heteroatoms. The fourth-order valence-electron chi connectivity index (χ4n) is 4.00. The largest absolute Gasteiger partial charge is 0.459 e.